The number of carboxylic acid groups (broad SMARTS) is 1. The lowest BCUT2D eigenvalue weighted by molar-refractivity contribution is 0.0697. The van der Waals surface area contributed by atoms with E-state index >= 15 is 0 Å². The Kier molecular flexibility index (Phi) is 4.11. The highest BCUT2D eigenvalue weighted by Crippen LogP contribution is 2.44. The summed E-state index contributed by atoms with van der Waals surface area (Å²) in [5, 5.41) is 9.10. The van der Waals surface area contributed by atoms with E-state index in [2.05, 4.69) is 37.0 Å². The van der Waals surface area contributed by atoms with E-state index in [9.17, 15) is 4.79 Å². The zero-order valence-corrected chi connectivity index (χ0v) is 15.3. The quantitative estimate of drug-likeness (QED) is 0.711. The molecule has 1 aromatic heterocycles. The molecule has 0 saturated heterocycles. The normalized spacial score (nSPS) is 18.1. The predicted molar refractivity (Wildman–Crippen MR) is 107 cm³/mol. The fourth-order valence-electron chi connectivity index (χ4n) is 3.69. The smallest absolute Gasteiger partial charge is 0.335 e. The lowest BCUT2D eigenvalue weighted by Crippen LogP contribution is -2.30. The van der Waals surface area contributed by atoms with Crippen LogP contribution in [0.3, 0.4) is 0 Å². The highest BCUT2D eigenvalue weighted by molar-refractivity contribution is 6.00. The summed E-state index contributed by atoms with van der Waals surface area (Å²) in [7, 11) is 0. The molecular formula is C23H20N2O2. The van der Waals surface area contributed by atoms with Crippen LogP contribution in [-0.4, -0.2) is 21.8 Å². The minimum absolute atomic E-state index is 0.219. The molecule has 1 atom stereocenters. The maximum atomic E-state index is 11.1. The first-order chi connectivity index (χ1) is 13.0. The van der Waals surface area contributed by atoms with E-state index in [1.807, 2.05) is 24.3 Å². The van der Waals surface area contributed by atoms with Crippen molar-refractivity contribution in [1.29, 1.82) is 0 Å². The van der Waals surface area contributed by atoms with Crippen LogP contribution in [0.25, 0.3) is 11.1 Å². The van der Waals surface area contributed by atoms with E-state index in [-0.39, 0.29) is 5.41 Å². The first-order valence-corrected chi connectivity index (χ1v) is 8.90. The lowest BCUT2D eigenvalue weighted by atomic mass is 9.74. The molecule has 0 saturated carbocycles. The van der Waals surface area contributed by atoms with Gasteiger partial charge in [0.25, 0.3) is 0 Å². The van der Waals surface area contributed by atoms with E-state index in [4.69, 9.17) is 10.1 Å². The summed E-state index contributed by atoms with van der Waals surface area (Å²) >= 11 is 0. The molecular weight excluding hydrogens is 336 g/mol. The van der Waals surface area contributed by atoms with E-state index in [0.717, 1.165) is 34.5 Å². The summed E-state index contributed by atoms with van der Waals surface area (Å²) in [6.45, 7) is 4.27. The molecule has 2 heterocycles. The minimum atomic E-state index is -0.904. The summed E-state index contributed by atoms with van der Waals surface area (Å²) < 4.78 is 0. The van der Waals surface area contributed by atoms with Gasteiger partial charge in [-0.25, -0.2) is 4.79 Å². The molecule has 4 nitrogen and oxygen atoms in total. The largest absolute Gasteiger partial charge is 0.478 e. The van der Waals surface area contributed by atoms with Crippen LogP contribution < -0.4 is 0 Å². The van der Waals surface area contributed by atoms with Crippen molar-refractivity contribution < 1.29 is 9.90 Å². The van der Waals surface area contributed by atoms with E-state index in [1.165, 1.54) is 5.56 Å². The van der Waals surface area contributed by atoms with Gasteiger partial charge in [-0.1, -0.05) is 18.2 Å². The summed E-state index contributed by atoms with van der Waals surface area (Å²) in [6, 6.07) is 17.5. The average molecular weight is 356 g/mol. The van der Waals surface area contributed by atoms with Crippen molar-refractivity contribution in [1.82, 2.24) is 4.98 Å². The van der Waals surface area contributed by atoms with Crippen molar-refractivity contribution in [2.75, 3.05) is 0 Å². The van der Waals surface area contributed by atoms with Crippen molar-refractivity contribution in [2.24, 2.45) is 4.99 Å². The van der Waals surface area contributed by atoms with Crippen LogP contribution in [0.15, 0.2) is 72.0 Å². The third kappa shape index (κ3) is 3.04. The molecule has 1 unspecified atom stereocenters. The van der Waals surface area contributed by atoms with E-state index < -0.39 is 5.97 Å². The molecule has 27 heavy (non-hydrogen) atoms. The van der Waals surface area contributed by atoms with Gasteiger partial charge in [0.1, 0.15) is 0 Å². The molecule has 4 heteroatoms. The third-order valence-electron chi connectivity index (χ3n) is 5.45. The maximum Gasteiger partial charge on any atom is 0.335 e. The number of carboxylic acids is 1. The number of aliphatic imine (C=N–C) groups is 1. The number of rotatable bonds is 4. The summed E-state index contributed by atoms with van der Waals surface area (Å²) in [5.41, 5.74) is 6.75. The molecule has 0 aliphatic carbocycles. The van der Waals surface area contributed by atoms with Gasteiger partial charge in [-0.05, 0) is 78.9 Å². The number of benzene rings is 2. The zero-order chi connectivity index (χ0) is 19.0. The first kappa shape index (κ1) is 17.2. The van der Waals surface area contributed by atoms with Crippen LogP contribution in [-0.2, 0) is 11.8 Å². The minimum Gasteiger partial charge on any atom is -0.478 e. The fourth-order valence-corrected chi connectivity index (χ4v) is 3.69. The van der Waals surface area contributed by atoms with Crippen molar-refractivity contribution in [2.45, 2.75) is 25.7 Å². The molecule has 0 amide bonds. The molecule has 4 rings (SSSR count). The van der Waals surface area contributed by atoms with Gasteiger partial charge in [-0.3, -0.25) is 9.98 Å². The number of hydrogen-bond acceptors (Lipinski definition) is 3. The van der Waals surface area contributed by atoms with Gasteiger partial charge in [0.15, 0.2) is 0 Å². The number of carbonyl (C=O) groups is 1. The Morgan fingerprint density at radius 1 is 1.00 bits per heavy atom. The molecule has 134 valence electrons. The second kappa shape index (κ2) is 6.47. The third-order valence-corrected chi connectivity index (χ3v) is 5.45. The molecule has 1 N–H and O–H groups in total. The van der Waals surface area contributed by atoms with E-state index in [1.54, 1.807) is 24.5 Å². The Morgan fingerprint density at radius 2 is 1.70 bits per heavy atom. The number of hydrogen-bond donors (Lipinski definition) is 1. The lowest BCUT2D eigenvalue weighted by Gasteiger charge is -2.27. The molecule has 1 aliphatic rings. The van der Waals surface area contributed by atoms with Gasteiger partial charge >= 0.3 is 5.97 Å². The Morgan fingerprint density at radius 3 is 2.37 bits per heavy atom. The number of aromatic nitrogens is 1. The summed E-state index contributed by atoms with van der Waals surface area (Å²) in [6.07, 6.45) is 4.37. The van der Waals surface area contributed by atoms with Gasteiger partial charge in [0.2, 0.25) is 0 Å². The Balaban J connectivity index is 1.71. The fraction of sp³-hybridized carbons (Fsp3) is 0.174. The Hall–Kier alpha value is -3.27. The average Bonchev–Trinajstić information content (AvgIpc) is 2.93. The molecule has 1 aliphatic heterocycles. The zero-order valence-electron chi connectivity index (χ0n) is 15.3. The van der Waals surface area contributed by atoms with Crippen LogP contribution in [0.4, 0.5) is 5.69 Å². The summed E-state index contributed by atoms with van der Waals surface area (Å²) in [5.74, 6) is -0.904. The van der Waals surface area contributed by atoms with Gasteiger partial charge in [0.05, 0.1) is 11.3 Å². The van der Waals surface area contributed by atoms with Gasteiger partial charge in [-0.15, -0.1) is 0 Å². The Bertz CT molecular complexity index is 1040. The number of aromatic carboxylic acids is 1. The second-order valence-electron chi connectivity index (χ2n) is 7.18. The number of pyridine rings is 1. The van der Waals surface area contributed by atoms with Crippen LogP contribution in [0.1, 0.15) is 35.3 Å². The predicted octanol–water partition coefficient (Wildman–Crippen LogP) is 5.05. The van der Waals surface area contributed by atoms with Crippen molar-refractivity contribution in [3.63, 3.8) is 0 Å². The van der Waals surface area contributed by atoms with Crippen molar-refractivity contribution in [3.8, 4) is 11.1 Å². The summed E-state index contributed by atoms with van der Waals surface area (Å²) in [4.78, 5) is 20.0. The standard InChI is InChI=1S/C23H20N2O2/c1-15-23(2,14-16-3-5-18(6-4-16)22(26)27)20-13-19(7-8-21(20)25-15)17-9-11-24-12-10-17/h3-13H,14H2,1-2H3,(H,26,27). The molecule has 0 spiro atoms. The van der Waals surface area contributed by atoms with Crippen LogP contribution in [0, 0.1) is 0 Å². The SMILES string of the molecule is CC1=Nc2ccc(-c3ccncc3)cc2C1(C)Cc1ccc(C(=O)O)cc1. The monoisotopic (exact) mass is 356 g/mol. The van der Waals surface area contributed by atoms with Gasteiger partial charge < -0.3 is 5.11 Å². The molecule has 0 fully saturated rings. The van der Waals surface area contributed by atoms with Gasteiger partial charge in [0, 0.05) is 23.5 Å². The van der Waals surface area contributed by atoms with Gasteiger partial charge in [-0.2, -0.15) is 0 Å². The van der Waals surface area contributed by atoms with Crippen molar-refractivity contribution in [3.05, 3.63) is 83.7 Å². The van der Waals surface area contributed by atoms with Crippen LogP contribution in [0.2, 0.25) is 0 Å². The Labute approximate surface area is 158 Å². The number of fused-ring (bicyclic) bond motifs is 1. The van der Waals surface area contributed by atoms with Crippen LogP contribution >= 0.6 is 0 Å². The van der Waals surface area contributed by atoms with Crippen LogP contribution in [0.5, 0.6) is 0 Å². The van der Waals surface area contributed by atoms with Crippen molar-refractivity contribution >= 4 is 17.4 Å². The molecule has 0 radical (unpaired) electrons. The number of nitrogens with zero attached hydrogens (tertiary/aromatic N) is 2. The maximum absolute atomic E-state index is 11.1. The highest BCUT2D eigenvalue weighted by Gasteiger charge is 2.37. The first-order valence-electron chi connectivity index (χ1n) is 8.90. The van der Waals surface area contributed by atoms with E-state index in [0.29, 0.717) is 5.56 Å². The molecule has 0 bridgehead atoms. The second-order valence-corrected chi connectivity index (χ2v) is 7.18. The highest BCUT2D eigenvalue weighted by atomic mass is 16.4. The topological polar surface area (TPSA) is 62.5 Å². The molecule has 2 aromatic carbocycles. The molecule has 3 aromatic rings.